The van der Waals surface area contributed by atoms with Crippen molar-refractivity contribution in [3.63, 3.8) is 0 Å². The molecule has 0 saturated carbocycles. The zero-order chi connectivity index (χ0) is 19.8. The Morgan fingerprint density at radius 3 is 2.79 bits per heavy atom. The quantitative estimate of drug-likeness (QED) is 0.705. The molecule has 0 atom stereocenters. The SMILES string of the molecule is O=C(Cc1csc(N2CCCC2=O)n1)Nc1c2c(nn1-c1ccccc1)CCC2. The molecule has 1 aliphatic heterocycles. The van der Waals surface area contributed by atoms with Gasteiger partial charge in [-0.1, -0.05) is 18.2 Å². The Hall–Kier alpha value is -3.00. The molecule has 1 aromatic carbocycles. The van der Waals surface area contributed by atoms with Gasteiger partial charge in [-0.2, -0.15) is 5.10 Å². The lowest BCUT2D eigenvalue weighted by Gasteiger charge is -2.11. The van der Waals surface area contributed by atoms with Crippen LogP contribution < -0.4 is 10.2 Å². The highest BCUT2D eigenvalue weighted by Gasteiger charge is 2.26. The Balaban J connectivity index is 1.35. The van der Waals surface area contributed by atoms with E-state index in [1.165, 1.54) is 11.3 Å². The van der Waals surface area contributed by atoms with E-state index >= 15 is 0 Å². The number of thiazole rings is 1. The fraction of sp³-hybridized carbons (Fsp3) is 0.333. The number of hydrogen-bond acceptors (Lipinski definition) is 5. The van der Waals surface area contributed by atoms with Gasteiger partial charge in [0.2, 0.25) is 11.8 Å². The van der Waals surface area contributed by atoms with Gasteiger partial charge < -0.3 is 5.32 Å². The minimum Gasteiger partial charge on any atom is -0.310 e. The highest BCUT2D eigenvalue weighted by molar-refractivity contribution is 7.14. The van der Waals surface area contributed by atoms with E-state index in [9.17, 15) is 9.59 Å². The van der Waals surface area contributed by atoms with Crippen LogP contribution in [0.25, 0.3) is 5.69 Å². The molecule has 2 aromatic heterocycles. The number of aromatic nitrogens is 3. The van der Waals surface area contributed by atoms with Gasteiger partial charge in [-0.15, -0.1) is 11.3 Å². The maximum Gasteiger partial charge on any atom is 0.231 e. The summed E-state index contributed by atoms with van der Waals surface area (Å²) in [7, 11) is 0. The molecule has 3 aromatic rings. The van der Waals surface area contributed by atoms with Crippen LogP contribution in [0.3, 0.4) is 0 Å². The second kappa shape index (κ2) is 7.44. The standard InChI is InChI=1S/C21H21N5O2S/c27-18(12-14-13-29-21(22-14)25-11-5-10-19(25)28)23-20-16-8-4-9-17(16)24-26(20)15-6-2-1-3-7-15/h1-3,6-7,13H,4-5,8-12H2,(H,23,27). The second-order valence-corrected chi connectivity index (χ2v) is 8.21. The van der Waals surface area contributed by atoms with Crippen molar-refractivity contribution in [2.45, 2.75) is 38.5 Å². The van der Waals surface area contributed by atoms with E-state index < -0.39 is 0 Å². The van der Waals surface area contributed by atoms with Crippen molar-refractivity contribution >= 4 is 34.1 Å². The number of aryl methyl sites for hydroxylation is 1. The minimum atomic E-state index is -0.124. The average Bonchev–Trinajstić information content (AvgIpc) is 3.49. The van der Waals surface area contributed by atoms with Gasteiger partial charge in [0.1, 0.15) is 5.82 Å². The summed E-state index contributed by atoms with van der Waals surface area (Å²) in [5.74, 6) is 0.748. The molecule has 8 heteroatoms. The zero-order valence-electron chi connectivity index (χ0n) is 15.9. The van der Waals surface area contributed by atoms with Crippen molar-refractivity contribution in [2.24, 2.45) is 0 Å². The summed E-state index contributed by atoms with van der Waals surface area (Å²) in [5, 5.41) is 10.3. The van der Waals surface area contributed by atoms with Crippen LogP contribution in [0.15, 0.2) is 35.7 Å². The average molecular weight is 407 g/mol. The number of rotatable bonds is 5. The molecule has 0 bridgehead atoms. The van der Waals surface area contributed by atoms with Gasteiger partial charge in [-0.05, 0) is 37.8 Å². The number of carbonyl (C=O) groups is 2. The Morgan fingerprint density at radius 2 is 2.00 bits per heavy atom. The van der Waals surface area contributed by atoms with E-state index in [4.69, 9.17) is 5.10 Å². The first-order valence-electron chi connectivity index (χ1n) is 9.90. The van der Waals surface area contributed by atoms with E-state index in [0.29, 0.717) is 23.8 Å². The van der Waals surface area contributed by atoms with Crippen molar-refractivity contribution in [3.8, 4) is 5.69 Å². The van der Waals surface area contributed by atoms with Gasteiger partial charge in [0.05, 0.1) is 23.5 Å². The van der Waals surface area contributed by atoms with Gasteiger partial charge in [0.15, 0.2) is 5.13 Å². The van der Waals surface area contributed by atoms with Gasteiger partial charge in [-0.3, -0.25) is 14.5 Å². The van der Waals surface area contributed by atoms with Crippen molar-refractivity contribution in [1.82, 2.24) is 14.8 Å². The number of fused-ring (bicyclic) bond motifs is 1. The number of anilines is 2. The summed E-state index contributed by atoms with van der Waals surface area (Å²) in [5.41, 5.74) is 3.81. The Kier molecular flexibility index (Phi) is 4.63. The number of benzene rings is 1. The van der Waals surface area contributed by atoms with Gasteiger partial charge in [0.25, 0.3) is 0 Å². The van der Waals surface area contributed by atoms with E-state index in [-0.39, 0.29) is 18.2 Å². The predicted octanol–water partition coefficient (Wildman–Crippen LogP) is 3.13. The molecular formula is C21H21N5O2S. The highest BCUT2D eigenvalue weighted by Crippen LogP contribution is 2.31. The van der Waals surface area contributed by atoms with Crippen LogP contribution in [-0.4, -0.2) is 33.1 Å². The minimum absolute atomic E-state index is 0.109. The van der Waals surface area contributed by atoms with Crippen LogP contribution in [0.2, 0.25) is 0 Å². The maximum atomic E-state index is 12.8. The fourth-order valence-corrected chi connectivity index (χ4v) is 4.84. The van der Waals surface area contributed by atoms with E-state index in [2.05, 4.69) is 10.3 Å². The molecule has 2 amide bonds. The molecule has 29 heavy (non-hydrogen) atoms. The molecule has 0 unspecified atom stereocenters. The lowest BCUT2D eigenvalue weighted by molar-refractivity contribution is -0.117. The molecule has 3 heterocycles. The summed E-state index contributed by atoms with van der Waals surface area (Å²) in [6, 6.07) is 9.85. The first-order valence-corrected chi connectivity index (χ1v) is 10.8. The van der Waals surface area contributed by atoms with Crippen LogP contribution in [-0.2, 0) is 28.9 Å². The first kappa shape index (κ1) is 18.1. The van der Waals surface area contributed by atoms with Crippen molar-refractivity contribution in [3.05, 3.63) is 52.7 Å². The van der Waals surface area contributed by atoms with Crippen molar-refractivity contribution < 1.29 is 9.59 Å². The lowest BCUT2D eigenvalue weighted by atomic mass is 10.2. The number of carbonyl (C=O) groups excluding carboxylic acids is 2. The molecule has 148 valence electrons. The van der Waals surface area contributed by atoms with E-state index in [0.717, 1.165) is 48.4 Å². The summed E-state index contributed by atoms with van der Waals surface area (Å²) in [4.78, 5) is 30.9. The largest absolute Gasteiger partial charge is 0.310 e. The van der Waals surface area contributed by atoms with Crippen LogP contribution in [0.4, 0.5) is 10.9 Å². The van der Waals surface area contributed by atoms with Gasteiger partial charge >= 0.3 is 0 Å². The van der Waals surface area contributed by atoms with Crippen LogP contribution in [0.1, 0.15) is 36.2 Å². The van der Waals surface area contributed by atoms with Crippen molar-refractivity contribution in [1.29, 1.82) is 0 Å². The molecule has 2 aliphatic rings. The molecule has 1 saturated heterocycles. The van der Waals surface area contributed by atoms with Crippen molar-refractivity contribution in [2.75, 3.05) is 16.8 Å². The summed E-state index contributed by atoms with van der Waals surface area (Å²) in [6.45, 7) is 0.709. The molecule has 7 nitrogen and oxygen atoms in total. The Bertz CT molecular complexity index is 1070. The number of nitrogens with zero attached hydrogens (tertiary/aromatic N) is 4. The maximum absolute atomic E-state index is 12.8. The third kappa shape index (κ3) is 3.44. The normalized spacial score (nSPS) is 15.7. The summed E-state index contributed by atoms with van der Waals surface area (Å²) in [6.07, 6.45) is 4.54. The summed E-state index contributed by atoms with van der Waals surface area (Å²) < 4.78 is 1.83. The molecule has 0 spiro atoms. The number of nitrogens with one attached hydrogen (secondary N) is 1. The fourth-order valence-electron chi connectivity index (χ4n) is 3.97. The number of para-hydroxylation sites is 1. The molecule has 1 fully saturated rings. The molecular weight excluding hydrogens is 386 g/mol. The lowest BCUT2D eigenvalue weighted by Crippen LogP contribution is -2.23. The summed E-state index contributed by atoms with van der Waals surface area (Å²) >= 11 is 1.42. The monoisotopic (exact) mass is 407 g/mol. The third-order valence-corrected chi connectivity index (χ3v) is 6.26. The number of amides is 2. The highest BCUT2D eigenvalue weighted by atomic mass is 32.1. The topological polar surface area (TPSA) is 80.1 Å². The third-order valence-electron chi connectivity index (χ3n) is 5.35. The molecule has 5 rings (SSSR count). The first-order chi connectivity index (χ1) is 14.2. The van der Waals surface area contributed by atoms with Crippen LogP contribution in [0.5, 0.6) is 0 Å². The van der Waals surface area contributed by atoms with Crippen LogP contribution in [0, 0.1) is 0 Å². The van der Waals surface area contributed by atoms with Crippen LogP contribution >= 0.6 is 11.3 Å². The second-order valence-electron chi connectivity index (χ2n) is 7.37. The molecule has 1 aliphatic carbocycles. The molecule has 0 radical (unpaired) electrons. The predicted molar refractivity (Wildman–Crippen MR) is 112 cm³/mol. The van der Waals surface area contributed by atoms with E-state index in [1.54, 1.807) is 4.90 Å². The van der Waals surface area contributed by atoms with E-state index in [1.807, 2.05) is 40.4 Å². The Labute approximate surface area is 172 Å². The van der Waals surface area contributed by atoms with Gasteiger partial charge in [0, 0.05) is 23.9 Å². The van der Waals surface area contributed by atoms with Gasteiger partial charge in [-0.25, -0.2) is 9.67 Å². The number of hydrogen-bond donors (Lipinski definition) is 1. The Morgan fingerprint density at radius 1 is 1.14 bits per heavy atom. The zero-order valence-corrected chi connectivity index (χ0v) is 16.7. The smallest absolute Gasteiger partial charge is 0.231 e. The molecule has 1 N–H and O–H groups in total.